The van der Waals surface area contributed by atoms with Gasteiger partial charge in [-0.25, -0.2) is 0 Å². The molecule has 1 saturated heterocycles. The van der Waals surface area contributed by atoms with Crippen molar-refractivity contribution in [2.45, 2.75) is 38.4 Å². The average Bonchev–Trinajstić information content (AvgIpc) is 2.49. The zero-order valence-corrected chi connectivity index (χ0v) is 13.4. The van der Waals surface area contributed by atoms with Crippen LogP contribution in [0.3, 0.4) is 0 Å². The van der Waals surface area contributed by atoms with Gasteiger partial charge >= 0.3 is 0 Å². The Balaban J connectivity index is 2.22. The Labute approximate surface area is 127 Å². The van der Waals surface area contributed by atoms with Crippen LogP contribution in [0.25, 0.3) is 0 Å². The normalized spacial score (nSPS) is 22.9. The summed E-state index contributed by atoms with van der Waals surface area (Å²) in [5, 5.41) is 0. The fraction of sp³-hybridized carbons (Fsp3) is 0.625. The van der Waals surface area contributed by atoms with Gasteiger partial charge in [-0.05, 0) is 25.8 Å². The summed E-state index contributed by atoms with van der Waals surface area (Å²) in [6.45, 7) is 4.07. The third-order valence-corrected chi connectivity index (χ3v) is 4.21. The number of hydrogen-bond donors (Lipinski definition) is 1. The Morgan fingerprint density at radius 3 is 2.29 bits per heavy atom. The molecule has 2 N–H and O–H groups in total. The van der Waals surface area contributed by atoms with Gasteiger partial charge in [-0.15, -0.1) is 0 Å². The van der Waals surface area contributed by atoms with Crippen LogP contribution in [0.2, 0.25) is 0 Å². The van der Waals surface area contributed by atoms with Crippen LogP contribution in [0.5, 0.6) is 17.2 Å². The molecule has 0 aliphatic carbocycles. The lowest BCUT2D eigenvalue weighted by atomic mass is 9.98. The zero-order chi connectivity index (χ0) is 15.4. The van der Waals surface area contributed by atoms with E-state index in [2.05, 4.69) is 11.8 Å². The van der Waals surface area contributed by atoms with Crippen molar-refractivity contribution in [3.05, 3.63) is 17.7 Å². The number of ether oxygens (including phenoxy) is 3. The Morgan fingerprint density at radius 2 is 1.71 bits per heavy atom. The van der Waals surface area contributed by atoms with Crippen LogP contribution >= 0.6 is 0 Å². The molecule has 5 heteroatoms. The first-order chi connectivity index (χ1) is 10.1. The number of likely N-dealkylation sites (tertiary alicyclic amines) is 1. The minimum Gasteiger partial charge on any atom is -0.496 e. The van der Waals surface area contributed by atoms with Crippen molar-refractivity contribution in [1.29, 1.82) is 0 Å². The molecule has 1 fully saturated rings. The van der Waals surface area contributed by atoms with Gasteiger partial charge in [0.2, 0.25) is 0 Å². The summed E-state index contributed by atoms with van der Waals surface area (Å²) in [4.78, 5) is 2.44. The number of nitrogens with two attached hydrogens (primary N) is 1. The fourth-order valence-corrected chi connectivity index (χ4v) is 2.93. The summed E-state index contributed by atoms with van der Waals surface area (Å²) in [7, 11) is 4.96. The van der Waals surface area contributed by atoms with Gasteiger partial charge in [-0.2, -0.15) is 0 Å². The third-order valence-electron chi connectivity index (χ3n) is 4.21. The van der Waals surface area contributed by atoms with E-state index >= 15 is 0 Å². The lowest BCUT2D eigenvalue weighted by Gasteiger charge is -2.36. The molecule has 21 heavy (non-hydrogen) atoms. The van der Waals surface area contributed by atoms with Crippen molar-refractivity contribution in [1.82, 2.24) is 4.90 Å². The summed E-state index contributed by atoms with van der Waals surface area (Å²) in [6, 6.07) is 4.68. The average molecular weight is 294 g/mol. The summed E-state index contributed by atoms with van der Waals surface area (Å²) in [6.07, 6.45) is 2.08. The summed E-state index contributed by atoms with van der Waals surface area (Å²) in [5.74, 6) is 2.25. The second kappa shape index (κ2) is 7.00. The molecule has 1 aromatic rings. The van der Waals surface area contributed by atoms with Crippen molar-refractivity contribution in [3.63, 3.8) is 0 Å². The number of hydrogen-bond acceptors (Lipinski definition) is 5. The molecule has 0 aromatic heterocycles. The van der Waals surface area contributed by atoms with Crippen molar-refractivity contribution >= 4 is 0 Å². The van der Waals surface area contributed by atoms with Crippen LogP contribution in [0.4, 0.5) is 0 Å². The fourth-order valence-electron chi connectivity index (χ4n) is 2.93. The van der Waals surface area contributed by atoms with Crippen LogP contribution < -0.4 is 19.9 Å². The summed E-state index contributed by atoms with van der Waals surface area (Å²) >= 11 is 0. The molecule has 118 valence electrons. The van der Waals surface area contributed by atoms with Crippen LogP contribution in [-0.2, 0) is 6.54 Å². The van der Waals surface area contributed by atoms with Gasteiger partial charge in [-0.3, -0.25) is 4.90 Å². The van der Waals surface area contributed by atoms with E-state index in [1.807, 2.05) is 12.1 Å². The third kappa shape index (κ3) is 3.60. The SMILES string of the molecule is COc1cc(OC)c(OC)cc1CN1CCC(N)CC1C. The first-order valence-electron chi connectivity index (χ1n) is 7.37. The Morgan fingerprint density at radius 1 is 1.10 bits per heavy atom. The van der Waals surface area contributed by atoms with E-state index in [1.54, 1.807) is 21.3 Å². The summed E-state index contributed by atoms with van der Waals surface area (Å²) < 4.78 is 16.2. The molecule has 2 unspecified atom stereocenters. The molecule has 0 spiro atoms. The molecule has 1 aliphatic rings. The van der Waals surface area contributed by atoms with Gasteiger partial charge in [-0.1, -0.05) is 0 Å². The lowest BCUT2D eigenvalue weighted by molar-refractivity contribution is 0.138. The van der Waals surface area contributed by atoms with Gasteiger partial charge < -0.3 is 19.9 Å². The topological polar surface area (TPSA) is 57.0 Å². The highest BCUT2D eigenvalue weighted by Crippen LogP contribution is 2.35. The van der Waals surface area contributed by atoms with Crippen LogP contribution in [0.15, 0.2) is 12.1 Å². The minimum atomic E-state index is 0.323. The monoisotopic (exact) mass is 294 g/mol. The van der Waals surface area contributed by atoms with Crippen LogP contribution in [0, 0.1) is 0 Å². The largest absolute Gasteiger partial charge is 0.496 e. The van der Waals surface area contributed by atoms with E-state index in [1.165, 1.54) is 0 Å². The molecule has 1 heterocycles. The lowest BCUT2D eigenvalue weighted by Crippen LogP contribution is -2.45. The van der Waals surface area contributed by atoms with Crippen molar-refractivity contribution in [3.8, 4) is 17.2 Å². The number of benzene rings is 1. The highest BCUT2D eigenvalue weighted by Gasteiger charge is 2.24. The van der Waals surface area contributed by atoms with Gasteiger partial charge in [0, 0.05) is 36.8 Å². The predicted molar refractivity (Wildman–Crippen MR) is 83.2 cm³/mol. The quantitative estimate of drug-likeness (QED) is 0.900. The van der Waals surface area contributed by atoms with Gasteiger partial charge in [0.25, 0.3) is 0 Å². The second-order valence-corrected chi connectivity index (χ2v) is 5.62. The van der Waals surface area contributed by atoms with E-state index in [-0.39, 0.29) is 0 Å². The van der Waals surface area contributed by atoms with E-state index in [0.29, 0.717) is 17.8 Å². The molecule has 2 atom stereocenters. The van der Waals surface area contributed by atoms with E-state index in [4.69, 9.17) is 19.9 Å². The van der Waals surface area contributed by atoms with Crippen LogP contribution in [-0.4, -0.2) is 44.9 Å². The van der Waals surface area contributed by atoms with Crippen LogP contribution in [0.1, 0.15) is 25.3 Å². The number of nitrogens with zero attached hydrogens (tertiary/aromatic N) is 1. The molecule has 1 aromatic carbocycles. The molecule has 5 nitrogen and oxygen atoms in total. The Kier molecular flexibility index (Phi) is 5.31. The molecule has 0 saturated carbocycles. The molecule has 2 rings (SSSR count). The predicted octanol–water partition coefficient (Wildman–Crippen LogP) is 2.02. The molecule has 0 bridgehead atoms. The summed E-state index contributed by atoms with van der Waals surface area (Å²) in [5.41, 5.74) is 7.14. The Bertz CT molecular complexity index is 479. The first-order valence-corrected chi connectivity index (χ1v) is 7.37. The second-order valence-electron chi connectivity index (χ2n) is 5.62. The van der Waals surface area contributed by atoms with Gasteiger partial charge in [0.15, 0.2) is 11.5 Å². The maximum atomic E-state index is 6.03. The highest BCUT2D eigenvalue weighted by molar-refractivity contribution is 5.50. The van der Waals surface area contributed by atoms with Gasteiger partial charge in [0.05, 0.1) is 21.3 Å². The van der Waals surface area contributed by atoms with Gasteiger partial charge in [0.1, 0.15) is 5.75 Å². The molecule has 0 amide bonds. The molecular weight excluding hydrogens is 268 g/mol. The number of piperidine rings is 1. The van der Waals surface area contributed by atoms with E-state index in [0.717, 1.165) is 43.0 Å². The molecular formula is C16H26N2O3. The van der Waals surface area contributed by atoms with E-state index < -0.39 is 0 Å². The van der Waals surface area contributed by atoms with E-state index in [9.17, 15) is 0 Å². The van der Waals surface area contributed by atoms with Crippen molar-refractivity contribution < 1.29 is 14.2 Å². The Hall–Kier alpha value is -1.46. The highest BCUT2D eigenvalue weighted by atomic mass is 16.5. The van der Waals surface area contributed by atoms with Crippen molar-refractivity contribution in [2.24, 2.45) is 5.73 Å². The maximum Gasteiger partial charge on any atom is 0.164 e. The minimum absolute atomic E-state index is 0.323. The number of rotatable bonds is 5. The van der Waals surface area contributed by atoms with Crippen molar-refractivity contribution in [2.75, 3.05) is 27.9 Å². The standard InChI is InChI=1S/C16H26N2O3/c1-11-7-13(17)5-6-18(11)10-12-8-15(20-3)16(21-4)9-14(12)19-2/h8-9,11,13H,5-7,10,17H2,1-4H3. The number of methoxy groups -OCH3 is 3. The first kappa shape index (κ1) is 15.9. The zero-order valence-electron chi connectivity index (χ0n) is 13.4. The molecule has 0 radical (unpaired) electrons. The smallest absolute Gasteiger partial charge is 0.164 e. The maximum absolute atomic E-state index is 6.03. The molecule has 1 aliphatic heterocycles.